The number of thiocarbonyl (C=S) groups is 1. The molecule has 0 aromatic heterocycles. The fraction of sp³-hybridized carbons (Fsp3) is 0.333. The lowest BCUT2D eigenvalue weighted by Gasteiger charge is -2.19. The van der Waals surface area contributed by atoms with E-state index in [1.807, 2.05) is 0 Å². The number of aliphatic carboxylic acids is 2. The number of nitrogens with two attached hydrogens (primary N) is 1. The summed E-state index contributed by atoms with van der Waals surface area (Å²) in [5, 5.41) is 26.1. The van der Waals surface area contributed by atoms with Crippen molar-refractivity contribution in [3.8, 4) is 0 Å². The molecule has 0 radical (unpaired) electrons. The van der Waals surface area contributed by atoms with Gasteiger partial charge in [-0.05, 0) is 26.1 Å². The molecule has 0 saturated carbocycles. The van der Waals surface area contributed by atoms with Gasteiger partial charge in [0.15, 0.2) is 10.7 Å². The third kappa shape index (κ3) is 9.89. The number of aliphatic hydroxyl groups is 1. The molecule has 1 atom stereocenters. The summed E-state index contributed by atoms with van der Waals surface area (Å²) < 4.78 is 0. The number of carbonyl (C=O) groups is 3. The van der Waals surface area contributed by atoms with Crippen LogP contribution >= 0.6 is 12.2 Å². The Hall–Kier alpha value is -2.72. The van der Waals surface area contributed by atoms with Crippen LogP contribution in [0, 0.1) is 13.8 Å². The molecule has 0 aliphatic carbocycles. The Morgan fingerprint density at radius 2 is 1.56 bits per heavy atom. The molecule has 0 bridgehead atoms. The highest BCUT2D eigenvalue weighted by atomic mass is 32.1. The molecule has 0 heterocycles. The number of carboxylic acids is 2. The SMILES string of the molecule is Cc1ccc(C)cc1.NC(=S)NOC(=O)CC(O)(CC(=O)O)C(=O)O. The standard InChI is InChI=1S/C8H10.C7H10N2O7S/c1-7-3-5-8(2)6-4-7;8-6(17)9-16-4(12)2-7(15,5(13)14)1-3(10)11/h3-6H,1-2H3;15H,1-2H2,(H,10,11)(H,13,14)(H3,8,9,17). The van der Waals surface area contributed by atoms with E-state index in [0.29, 0.717) is 0 Å². The topological polar surface area (TPSA) is 159 Å². The zero-order chi connectivity index (χ0) is 19.6. The minimum atomic E-state index is -2.75. The number of hydroxylamine groups is 1. The zero-order valence-electron chi connectivity index (χ0n) is 13.7. The van der Waals surface area contributed by atoms with Gasteiger partial charge in [-0.25, -0.2) is 9.59 Å². The van der Waals surface area contributed by atoms with Gasteiger partial charge in [0.05, 0.1) is 12.8 Å². The summed E-state index contributed by atoms with van der Waals surface area (Å²) in [5.41, 5.74) is 6.59. The fourth-order valence-electron chi connectivity index (χ4n) is 1.48. The summed E-state index contributed by atoms with van der Waals surface area (Å²) in [5.74, 6) is -4.65. The van der Waals surface area contributed by atoms with Gasteiger partial charge < -0.3 is 25.9 Å². The molecule has 138 valence electrons. The van der Waals surface area contributed by atoms with Gasteiger partial charge >= 0.3 is 17.9 Å². The Labute approximate surface area is 149 Å². The van der Waals surface area contributed by atoms with Gasteiger partial charge in [-0.3, -0.25) is 4.79 Å². The van der Waals surface area contributed by atoms with Crippen LogP contribution < -0.4 is 11.2 Å². The maximum absolute atomic E-state index is 11.0. The molecule has 0 aliphatic rings. The highest BCUT2D eigenvalue weighted by molar-refractivity contribution is 7.80. The smallest absolute Gasteiger partial charge is 0.336 e. The van der Waals surface area contributed by atoms with Gasteiger partial charge in [0, 0.05) is 0 Å². The molecule has 0 amide bonds. The van der Waals surface area contributed by atoms with Crippen LogP contribution in [0.15, 0.2) is 24.3 Å². The highest BCUT2D eigenvalue weighted by Crippen LogP contribution is 2.16. The molecule has 0 spiro atoms. The van der Waals surface area contributed by atoms with E-state index in [1.54, 1.807) is 5.48 Å². The summed E-state index contributed by atoms with van der Waals surface area (Å²) in [6.07, 6.45) is -2.21. The number of hydrogen-bond donors (Lipinski definition) is 5. The molecular formula is C15H20N2O7S. The third-order valence-electron chi connectivity index (χ3n) is 2.76. The van der Waals surface area contributed by atoms with Gasteiger partial charge in [-0.15, -0.1) is 0 Å². The maximum Gasteiger partial charge on any atom is 0.336 e. The van der Waals surface area contributed by atoms with Crippen LogP contribution in [0.2, 0.25) is 0 Å². The lowest BCUT2D eigenvalue weighted by atomic mass is 9.96. The van der Waals surface area contributed by atoms with Crippen molar-refractivity contribution in [2.75, 3.05) is 0 Å². The molecule has 1 rings (SSSR count). The van der Waals surface area contributed by atoms with E-state index in [2.05, 4.69) is 55.2 Å². The van der Waals surface area contributed by atoms with Crippen LogP contribution in [0.1, 0.15) is 24.0 Å². The number of benzene rings is 1. The lowest BCUT2D eigenvalue weighted by molar-refractivity contribution is -0.173. The van der Waals surface area contributed by atoms with Crippen molar-refractivity contribution in [2.24, 2.45) is 5.73 Å². The van der Waals surface area contributed by atoms with Crippen LogP contribution in [0.3, 0.4) is 0 Å². The van der Waals surface area contributed by atoms with E-state index in [9.17, 15) is 19.5 Å². The largest absolute Gasteiger partial charge is 0.481 e. The monoisotopic (exact) mass is 372 g/mol. The Balaban J connectivity index is 0.000000593. The molecule has 1 aromatic carbocycles. The number of hydrogen-bond acceptors (Lipinski definition) is 6. The Morgan fingerprint density at radius 1 is 1.12 bits per heavy atom. The minimum Gasteiger partial charge on any atom is -0.481 e. The van der Waals surface area contributed by atoms with Gasteiger partial charge in [0.2, 0.25) is 0 Å². The lowest BCUT2D eigenvalue weighted by Crippen LogP contribution is -2.44. The molecule has 10 heteroatoms. The van der Waals surface area contributed by atoms with Crippen molar-refractivity contribution >= 4 is 35.2 Å². The average Bonchev–Trinajstić information content (AvgIpc) is 2.48. The molecule has 0 fully saturated rings. The summed E-state index contributed by atoms with van der Waals surface area (Å²) in [6.45, 7) is 4.19. The van der Waals surface area contributed by atoms with Crippen molar-refractivity contribution < 1.29 is 34.5 Å². The quantitative estimate of drug-likeness (QED) is 0.358. The van der Waals surface area contributed by atoms with E-state index in [0.717, 1.165) is 0 Å². The van der Waals surface area contributed by atoms with Crippen LogP contribution in [-0.2, 0) is 19.2 Å². The first-order valence-corrected chi connectivity index (χ1v) is 7.33. The molecule has 0 saturated heterocycles. The van der Waals surface area contributed by atoms with Crippen molar-refractivity contribution in [1.29, 1.82) is 0 Å². The predicted molar refractivity (Wildman–Crippen MR) is 91.4 cm³/mol. The van der Waals surface area contributed by atoms with Crippen LogP contribution in [0.5, 0.6) is 0 Å². The average molecular weight is 372 g/mol. The molecule has 25 heavy (non-hydrogen) atoms. The number of nitrogens with one attached hydrogen (secondary N) is 1. The van der Waals surface area contributed by atoms with Crippen molar-refractivity contribution in [3.63, 3.8) is 0 Å². The number of rotatable bonds is 5. The summed E-state index contributed by atoms with van der Waals surface area (Å²) >= 11 is 4.29. The molecule has 9 nitrogen and oxygen atoms in total. The van der Waals surface area contributed by atoms with E-state index >= 15 is 0 Å². The normalized spacial score (nSPS) is 12.0. The van der Waals surface area contributed by atoms with Crippen molar-refractivity contribution in [1.82, 2.24) is 5.48 Å². The van der Waals surface area contributed by atoms with Gasteiger partial charge in [0.25, 0.3) is 0 Å². The Morgan fingerprint density at radius 3 is 1.88 bits per heavy atom. The summed E-state index contributed by atoms with van der Waals surface area (Å²) in [6, 6.07) is 8.48. The molecule has 6 N–H and O–H groups in total. The summed E-state index contributed by atoms with van der Waals surface area (Å²) in [7, 11) is 0. The third-order valence-corrected chi connectivity index (χ3v) is 2.85. The van der Waals surface area contributed by atoms with Crippen LogP contribution in [-0.4, -0.2) is 43.9 Å². The second-order valence-corrected chi connectivity index (χ2v) is 5.62. The molecule has 1 aromatic rings. The van der Waals surface area contributed by atoms with Gasteiger partial charge in [-0.2, -0.15) is 5.48 Å². The van der Waals surface area contributed by atoms with Crippen LogP contribution in [0.25, 0.3) is 0 Å². The van der Waals surface area contributed by atoms with Gasteiger partial charge in [0.1, 0.15) is 0 Å². The second kappa shape index (κ2) is 10.2. The second-order valence-electron chi connectivity index (χ2n) is 5.18. The zero-order valence-corrected chi connectivity index (χ0v) is 14.5. The predicted octanol–water partition coefficient (Wildman–Crippen LogP) is 0.262. The number of aryl methyl sites for hydroxylation is 2. The minimum absolute atomic E-state index is 0.379. The van der Waals surface area contributed by atoms with Gasteiger partial charge in [-0.1, -0.05) is 35.4 Å². The first kappa shape index (κ1) is 22.3. The Bertz CT molecular complexity index is 612. The fourth-order valence-corrected chi connectivity index (χ4v) is 1.52. The van der Waals surface area contributed by atoms with Crippen molar-refractivity contribution in [3.05, 3.63) is 35.4 Å². The van der Waals surface area contributed by atoms with Crippen molar-refractivity contribution in [2.45, 2.75) is 32.3 Å². The van der Waals surface area contributed by atoms with Crippen LogP contribution in [0.4, 0.5) is 0 Å². The van der Waals surface area contributed by atoms with E-state index in [-0.39, 0.29) is 5.11 Å². The van der Waals surface area contributed by atoms with E-state index in [4.69, 9.17) is 15.9 Å². The summed E-state index contributed by atoms with van der Waals surface area (Å²) in [4.78, 5) is 36.2. The first-order valence-electron chi connectivity index (χ1n) is 6.92. The van der Waals surface area contributed by atoms with E-state index < -0.39 is 36.4 Å². The molecule has 0 aliphatic heterocycles. The molecular weight excluding hydrogens is 352 g/mol. The van der Waals surface area contributed by atoms with E-state index in [1.165, 1.54) is 11.1 Å². The number of carbonyl (C=O) groups excluding carboxylic acids is 1. The first-order chi connectivity index (χ1) is 11.5. The highest BCUT2D eigenvalue weighted by Gasteiger charge is 2.41. The number of carboxylic acid groups (broad SMARTS) is 2. The Kier molecular flexibility index (Phi) is 9.10. The maximum atomic E-state index is 11.0. The molecule has 1 unspecified atom stereocenters.